The average Bonchev–Trinajstić information content (AvgIpc) is 2.35. The second-order valence-electron chi connectivity index (χ2n) is 4.17. The SMILES string of the molecule is CS(=O)(=O)N(CCOCC(F)(F)F)c1cccc(C#N)c1. The summed E-state index contributed by atoms with van der Waals surface area (Å²) in [6, 6.07) is 7.63. The van der Waals surface area contributed by atoms with E-state index in [9.17, 15) is 21.6 Å². The molecule has 1 aromatic carbocycles. The molecule has 21 heavy (non-hydrogen) atoms. The Kier molecular flexibility index (Phi) is 5.57. The number of halogens is 3. The largest absolute Gasteiger partial charge is 0.411 e. The summed E-state index contributed by atoms with van der Waals surface area (Å²) in [6.45, 7) is -2.13. The van der Waals surface area contributed by atoms with Crippen molar-refractivity contribution in [3.63, 3.8) is 0 Å². The van der Waals surface area contributed by atoms with Crippen molar-refractivity contribution in [1.29, 1.82) is 5.26 Å². The highest BCUT2D eigenvalue weighted by Gasteiger charge is 2.27. The lowest BCUT2D eigenvalue weighted by molar-refractivity contribution is -0.173. The van der Waals surface area contributed by atoms with E-state index in [4.69, 9.17) is 5.26 Å². The van der Waals surface area contributed by atoms with Gasteiger partial charge in [0.2, 0.25) is 10.0 Å². The highest BCUT2D eigenvalue weighted by Crippen LogP contribution is 2.19. The molecule has 116 valence electrons. The van der Waals surface area contributed by atoms with Gasteiger partial charge in [-0.05, 0) is 18.2 Å². The third-order valence-corrected chi connectivity index (χ3v) is 3.56. The van der Waals surface area contributed by atoms with Gasteiger partial charge in [0.25, 0.3) is 0 Å². The van der Waals surface area contributed by atoms with Gasteiger partial charge in [-0.3, -0.25) is 4.31 Å². The molecule has 0 heterocycles. The smallest absolute Gasteiger partial charge is 0.370 e. The van der Waals surface area contributed by atoms with Crippen LogP contribution >= 0.6 is 0 Å². The fraction of sp³-hybridized carbons (Fsp3) is 0.417. The number of benzene rings is 1. The number of rotatable bonds is 6. The fourth-order valence-corrected chi connectivity index (χ4v) is 2.46. The molecule has 0 aliphatic rings. The molecular weight excluding hydrogens is 309 g/mol. The number of hydrogen-bond donors (Lipinski definition) is 0. The van der Waals surface area contributed by atoms with Crippen LogP contribution in [-0.4, -0.2) is 40.6 Å². The van der Waals surface area contributed by atoms with Gasteiger partial charge in [0.1, 0.15) is 6.61 Å². The van der Waals surface area contributed by atoms with Crippen molar-refractivity contribution < 1.29 is 26.3 Å². The first-order valence-electron chi connectivity index (χ1n) is 5.76. The average molecular weight is 322 g/mol. The molecule has 0 unspecified atom stereocenters. The van der Waals surface area contributed by atoms with Gasteiger partial charge in [0.05, 0.1) is 36.7 Å². The van der Waals surface area contributed by atoms with Crippen LogP contribution in [0.25, 0.3) is 0 Å². The predicted molar refractivity (Wildman–Crippen MR) is 70.2 cm³/mol. The first-order chi connectivity index (χ1) is 9.63. The third-order valence-electron chi connectivity index (χ3n) is 2.37. The maximum Gasteiger partial charge on any atom is 0.411 e. The minimum atomic E-state index is -4.46. The molecule has 0 radical (unpaired) electrons. The minimum absolute atomic E-state index is 0.201. The first kappa shape index (κ1) is 17.3. The molecule has 0 spiro atoms. The number of hydrogen-bond acceptors (Lipinski definition) is 4. The number of nitriles is 1. The Morgan fingerprint density at radius 1 is 1.38 bits per heavy atom. The molecule has 5 nitrogen and oxygen atoms in total. The van der Waals surface area contributed by atoms with Crippen molar-refractivity contribution in [3.05, 3.63) is 29.8 Å². The van der Waals surface area contributed by atoms with Crippen LogP contribution in [0.3, 0.4) is 0 Å². The Balaban J connectivity index is 2.81. The van der Waals surface area contributed by atoms with Crippen molar-refractivity contribution >= 4 is 15.7 Å². The number of nitrogens with zero attached hydrogens (tertiary/aromatic N) is 2. The van der Waals surface area contributed by atoms with Crippen LogP contribution in [0.1, 0.15) is 5.56 Å². The molecule has 9 heteroatoms. The molecule has 0 fully saturated rings. The van der Waals surface area contributed by atoms with Crippen molar-refractivity contribution in [1.82, 2.24) is 0 Å². The van der Waals surface area contributed by atoms with Gasteiger partial charge in [-0.2, -0.15) is 18.4 Å². The summed E-state index contributed by atoms with van der Waals surface area (Å²) in [5, 5.41) is 8.78. The van der Waals surface area contributed by atoms with Crippen molar-refractivity contribution in [2.45, 2.75) is 6.18 Å². The van der Waals surface area contributed by atoms with E-state index >= 15 is 0 Å². The summed E-state index contributed by atoms with van der Waals surface area (Å²) >= 11 is 0. The normalized spacial score (nSPS) is 12.0. The topological polar surface area (TPSA) is 70.4 Å². The van der Waals surface area contributed by atoms with Crippen molar-refractivity contribution in [2.24, 2.45) is 0 Å². The van der Waals surface area contributed by atoms with Crippen molar-refractivity contribution in [2.75, 3.05) is 30.3 Å². The van der Waals surface area contributed by atoms with Gasteiger partial charge in [-0.25, -0.2) is 8.42 Å². The molecule has 0 amide bonds. The van der Waals surface area contributed by atoms with Gasteiger partial charge in [-0.1, -0.05) is 6.07 Å². The minimum Gasteiger partial charge on any atom is -0.370 e. The number of anilines is 1. The second kappa shape index (κ2) is 6.78. The molecule has 0 atom stereocenters. The van der Waals surface area contributed by atoms with Crippen molar-refractivity contribution in [3.8, 4) is 6.07 Å². The summed E-state index contributed by atoms with van der Waals surface area (Å²) < 4.78 is 64.5. The van der Waals surface area contributed by atoms with Gasteiger partial charge >= 0.3 is 6.18 Å². The maximum atomic E-state index is 11.9. The van der Waals surface area contributed by atoms with Gasteiger partial charge in [0.15, 0.2) is 0 Å². The first-order valence-corrected chi connectivity index (χ1v) is 7.61. The lowest BCUT2D eigenvalue weighted by atomic mass is 10.2. The standard InChI is InChI=1S/C12H13F3N2O3S/c1-21(18,19)17(5-6-20-9-12(13,14)15)11-4-2-3-10(7-11)8-16/h2-4,7H,5-6,9H2,1H3. The molecule has 0 aromatic heterocycles. The van der Waals surface area contributed by atoms with Gasteiger partial charge < -0.3 is 4.74 Å². The summed E-state index contributed by atoms with van der Waals surface area (Å²) in [5.41, 5.74) is 0.449. The lowest BCUT2D eigenvalue weighted by Gasteiger charge is -2.22. The zero-order valence-electron chi connectivity index (χ0n) is 11.1. The van der Waals surface area contributed by atoms with E-state index < -0.39 is 29.4 Å². The van der Waals surface area contributed by atoms with E-state index in [0.29, 0.717) is 0 Å². The number of sulfonamides is 1. The van der Waals surface area contributed by atoms with Gasteiger partial charge in [-0.15, -0.1) is 0 Å². The second-order valence-corrected chi connectivity index (χ2v) is 6.07. The summed E-state index contributed by atoms with van der Waals surface area (Å²) in [6.07, 6.45) is -3.54. The zero-order valence-corrected chi connectivity index (χ0v) is 11.9. The number of alkyl halides is 3. The number of ether oxygens (including phenoxy) is 1. The van der Waals surface area contributed by atoms with E-state index in [1.807, 2.05) is 6.07 Å². The van der Waals surface area contributed by atoms with Crippen LogP contribution in [0.2, 0.25) is 0 Å². The summed E-state index contributed by atoms with van der Waals surface area (Å²) in [7, 11) is -3.70. The van der Waals surface area contributed by atoms with Crippen LogP contribution in [0.15, 0.2) is 24.3 Å². The molecule has 1 rings (SSSR count). The maximum absolute atomic E-state index is 11.9. The van der Waals surface area contributed by atoms with E-state index in [0.717, 1.165) is 10.6 Å². The Labute approximate surface area is 120 Å². The summed E-state index contributed by atoms with van der Waals surface area (Å²) in [5.74, 6) is 0. The fourth-order valence-electron chi connectivity index (χ4n) is 1.55. The van der Waals surface area contributed by atoms with Crippen LogP contribution in [0.4, 0.5) is 18.9 Å². The molecule has 0 saturated heterocycles. The third kappa shape index (κ3) is 6.01. The molecule has 0 aliphatic carbocycles. The van der Waals surface area contributed by atoms with E-state index in [2.05, 4.69) is 4.74 Å². The van der Waals surface area contributed by atoms with Crippen LogP contribution < -0.4 is 4.31 Å². The Morgan fingerprint density at radius 2 is 2.05 bits per heavy atom. The van der Waals surface area contributed by atoms with E-state index in [1.54, 1.807) is 0 Å². The molecule has 0 bridgehead atoms. The van der Waals surface area contributed by atoms with E-state index in [-0.39, 0.29) is 17.8 Å². The molecule has 0 aliphatic heterocycles. The van der Waals surface area contributed by atoms with Crippen LogP contribution in [0.5, 0.6) is 0 Å². The Bertz CT molecular complexity index is 623. The molecular formula is C12H13F3N2O3S. The lowest BCUT2D eigenvalue weighted by Crippen LogP contribution is -2.34. The Morgan fingerprint density at radius 3 is 2.57 bits per heavy atom. The van der Waals surface area contributed by atoms with E-state index in [1.165, 1.54) is 24.3 Å². The Hall–Kier alpha value is -1.79. The highest BCUT2D eigenvalue weighted by atomic mass is 32.2. The predicted octanol–water partition coefficient (Wildman–Crippen LogP) is 1.90. The molecule has 0 saturated carbocycles. The highest BCUT2D eigenvalue weighted by molar-refractivity contribution is 7.92. The van der Waals surface area contributed by atoms with Gasteiger partial charge in [0, 0.05) is 0 Å². The van der Waals surface area contributed by atoms with Crippen LogP contribution in [-0.2, 0) is 14.8 Å². The van der Waals surface area contributed by atoms with Crippen LogP contribution in [0, 0.1) is 11.3 Å². The zero-order chi connectivity index (χ0) is 16.1. The summed E-state index contributed by atoms with van der Waals surface area (Å²) in [4.78, 5) is 0. The monoisotopic (exact) mass is 322 g/mol. The molecule has 0 N–H and O–H groups in total. The quantitative estimate of drug-likeness (QED) is 0.750. The molecule has 1 aromatic rings.